The lowest BCUT2D eigenvalue weighted by atomic mass is 10.1. The number of amides is 2. The van der Waals surface area contributed by atoms with E-state index in [4.69, 9.17) is 11.6 Å². The van der Waals surface area contributed by atoms with Crippen LogP contribution in [0.4, 0.5) is 17.1 Å². The number of anilines is 2. The van der Waals surface area contributed by atoms with Gasteiger partial charge < -0.3 is 9.80 Å². The van der Waals surface area contributed by atoms with Gasteiger partial charge in [0.2, 0.25) is 5.91 Å². The minimum atomic E-state index is -0.427. The summed E-state index contributed by atoms with van der Waals surface area (Å²) >= 11 is 6.19. The predicted molar refractivity (Wildman–Crippen MR) is 122 cm³/mol. The Morgan fingerprint density at radius 1 is 1.03 bits per heavy atom. The van der Waals surface area contributed by atoms with E-state index in [9.17, 15) is 19.7 Å². The molecule has 2 amide bonds. The lowest BCUT2D eigenvalue weighted by Gasteiger charge is -2.36. The van der Waals surface area contributed by atoms with E-state index in [-0.39, 0.29) is 23.9 Å². The van der Waals surface area contributed by atoms with Gasteiger partial charge in [0, 0.05) is 61.9 Å². The molecule has 0 N–H and O–H groups in total. The van der Waals surface area contributed by atoms with Crippen LogP contribution >= 0.6 is 11.6 Å². The third-order valence-electron chi connectivity index (χ3n) is 5.67. The number of nitrogens with zero attached hydrogens (tertiary/aromatic N) is 5. The Hall–Kier alpha value is -3.46. The number of carbonyl (C=O) groups is 2. The Balaban J connectivity index is 1.43. The highest BCUT2D eigenvalue weighted by atomic mass is 35.5. The average Bonchev–Trinajstić information content (AvgIpc) is 2.81. The Kier molecular flexibility index (Phi) is 6.09. The number of rotatable bonds is 4. The number of benzene rings is 2. The molecular weight excluding hydrogens is 434 g/mol. The van der Waals surface area contributed by atoms with Crippen LogP contribution < -0.4 is 9.91 Å². The zero-order chi connectivity index (χ0) is 22.8. The number of halogens is 1. The molecule has 0 aliphatic carbocycles. The SMILES string of the molecule is Cc1ccc(N2N=C(C(=O)N3CCN(c4ccc([N+](=O)[O-])cc4)CC3)CCC2=O)cc1Cl. The first kappa shape index (κ1) is 21.8. The van der Waals surface area contributed by atoms with Crippen molar-refractivity contribution in [2.24, 2.45) is 5.10 Å². The van der Waals surface area contributed by atoms with Gasteiger partial charge in [-0.3, -0.25) is 19.7 Å². The zero-order valence-corrected chi connectivity index (χ0v) is 18.3. The number of non-ortho nitro benzene ring substituents is 1. The third-order valence-corrected chi connectivity index (χ3v) is 6.08. The summed E-state index contributed by atoms with van der Waals surface area (Å²) in [6.45, 7) is 4.08. The van der Waals surface area contributed by atoms with Gasteiger partial charge in [-0.2, -0.15) is 5.10 Å². The second-order valence-corrected chi connectivity index (χ2v) is 8.15. The van der Waals surface area contributed by atoms with Crippen LogP contribution in [0.25, 0.3) is 0 Å². The molecule has 1 saturated heterocycles. The Morgan fingerprint density at radius 3 is 2.31 bits per heavy atom. The Bertz CT molecular complexity index is 1090. The van der Waals surface area contributed by atoms with Gasteiger partial charge in [-0.25, -0.2) is 5.01 Å². The molecule has 0 spiro atoms. The van der Waals surface area contributed by atoms with Crippen molar-refractivity contribution >= 4 is 46.2 Å². The van der Waals surface area contributed by atoms with E-state index >= 15 is 0 Å². The van der Waals surface area contributed by atoms with Crippen molar-refractivity contribution in [3.63, 3.8) is 0 Å². The first-order chi connectivity index (χ1) is 15.3. The standard InChI is InChI=1S/C22H22ClN5O4/c1-15-2-3-18(14-19(15)23)27-21(29)9-8-20(24-27)22(30)26-12-10-25(11-13-26)16-4-6-17(7-5-16)28(31)32/h2-7,14H,8-13H2,1H3. The quantitative estimate of drug-likeness (QED) is 0.519. The molecule has 0 aromatic heterocycles. The predicted octanol–water partition coefficient (Wildman–Crippen LogP) is 3.39. The second-order valence-electron chi connectivity index (χ2n) is 7.74. The molecule has 9 nitrogen and oxygen atoms in total. The maximum absolute atomic E-state index is 13.1. The van der Waals surface area contributed by atoms with Crippen molar-refractivity contribution in [2.45, 2.75) is 19.8 Å². The summed E-state index contributed by atoms with van der Waals surface area (Å²) in [6.07, 6.45) is 0.509. The third kappa shape index (κ3) is 4.43. The van der Waals surface area contributed by atoms with Crippen molar-refractivity contribution in [2.75, 3.05) is 36.1 Å². The van der Waals surface area contributed by atoms with Crippen molar-refractivity contribution < 1.29 is 14.5 Å². The molecule has 2 aromatic carbocycles. The molecule has 4 rings (SSSR count). The number of aryl methyl sites for hydroxylation is 1. The highest BCUT2D eigenvalue weighted by molar-refractivity contribution is 6.40. The lowest BCUT2D eigenvalue weighted by molar-refractivity contribution is -0.384. The molecular formula is C22H22ClN5O4. The van der Waals surface area contributed by atoms with E-state index in [1.165, 1.54) is 17.1 Å². The molecule has 0 radical (unpaired) electrons. The van der Waals surface area contributed by atoms with Gasteiger partial charge >= 0.3 is 0 Å². The summed E-state index contributed by atoms with van der Waals surface area (Å²) in [5, 5.41) is 17.0. The van der Waals surface area contributed by atoms with Gasteiger partial charge in [0.15, 0.2) is 0 Å². The maximum atomic E-state index is 13.1. The Labute approximate surface area is 190 Å². The van der Waals surface area contributed by atoms with Crippen molar-refractivity contribution in [1.82, 2.24) is 4.90 Å². The lowest BCUT2D eigenvalue weighted by Crippen LogP contribution is -2.51. The highest BCUT2D eigenvalue weighted by Gasteiger charge is 2.30. The Morgan fingerprint density at radius 2 is 1.69 bits per heavy atom. The number of hydrogen-bond acceptors (Lipinski definition) is 6. The molecule has 2 aliphatic rings. The van der Waals surface area contributed by atoms with Crippen molar-refractivity contribution in [3.05, 3.63) is 63.2 Å². The number of piperazine rings is 1. The summed E-state index contributed by atoms with van der Waals surface area (Å²) in [4.78, 5) is 39.7. The minimum absolute atomic E-state index is 0.0480. The monoisotopic (exact) mass is 455 g/mol. The number of hydrazone groups is 1. The van der Waals surface area contributed by atoms with E-state index in [0.717, 1.165) is 11.3 Å². The van der Waals surface area contributed by atoms with E-state index in [0.29, 0.717) is 49.0 Å². The number of nitro groups is 1. The van der Waals surface area contributed by atoms with Crippen LogP contribution in [0.1, 0.15) is 18.4 Å². The molecule has 0 saturated carbocycles. The van der Waals surface area contributed by atoms with Gasteiger partial charge in [0.1, 0.15) is 5.71 Å². The molecule has 0 unspecified atom stereocenters. The van der Waals surface area contributed by atoms with Crippen molar-refractivity contribution in [1.29, 1.82) is 0 Å². The van der Waals surface area contributed by atoms with Crippen LogP contribution in [0.3, 0.4) is 0 Å². The first-order valence-corrected chi connectivity index (χ1v) is 10.7. The fraction of sp³-hybridized carbons (Fsp3) is 0.318. The molecule has 166 valence electrons. The molecule has 0 bridgehead atoms. The average molecular weight is 456 g/mol. The number of carbonyl (C=O) groups excluding carboxylic acids is 2. The summed E-state index contributed by atoms with van der Waals surface area (Å²) in [6, 6.07) is 11.6. The van der Waals surface area contributed by atoms with Crippen LogP contribution in [-0.2, 0) is 9.59 Å². The topological polar surface area (TPSA) is 99.4 Å². The normalized spacial score (nSPS) is 16.8. The number of nitro benzene ring substituents is 1. The smallest absolute Gasteiger partial charge is 0.270 e. The molecule has 1 fully saturated rings. The fourth-order valence-corrected chi connectivity index (χ4v) is 3.93. The van der Waals surface area contributed by atoms with Gasteiger partial charge in [0.25, 0.3) is 11.6 Å². The minimum Gasteiger partial charge on any atom is -0.368 e. The van der Waals surface area contributed by atoms with E-state index in [2.05, 4.69) is 10.0 Å². The molecule has 2 aromatic rings. The van der Waals surface area contributed by atoms with E-state index < -0.39 is 4.92 Å². The summed E-state index contributed by atoms with van der Waals surface area (Å²) in [5.41, 5.74) is 2.72. The van der Waals surface area contributed by atoms with Gasteiger partial charge in [-0.1, -0.05) is 17.7 Å². The van der Waals surface area contributed by atoms with E-state index in [1.54, 1.807) is 29.2 Å². The van der Waals surface area contributed by atoms with E-state index in [1.807, 2.05) is 13.0 Å². The van der Waals surface area contributed by atoms with Gasteiger partial charge in [0.05, 0.1) is 10.6 Å². The molecule has 2 heterocycles. The maximum Gasteiger partial charge on any atom is 0.270 e. The van der Waals surface area contributed by atoms with Crippen LogP contribution in [-0.4, -0.2) is 53.5 Å². The van der Waals surface area contributed by atoms with Crippen LogP contribution in [0, 0.1) is 17.0 Å². The second kappa shape index (κ2) is 8.96. The van der Waals surface area contributed by atoms with Crippen LogP contribution in [0.15, 0.2) is 47.6 Å². The summed E-state index contributed by atoms with van der Waals surface area (Å²) in [7, 11) is 0. The summed E-state index contributed by atoms with van der Waals surface area (Å²) in [5.74, 6) is -0.353. The largest absolute Gasteiger partial charge is 0.368 e. The molecule has 32 heavy (non-hydrogen) atoms. The first-order valence-electron chi connectivity index (χ1n) is 10.3. The highest BCUT2D eigenvalue weighted by Crippen LogP contribution is 2.26. The van der Waals surface area contributed by atoms with Crippen molar-refractivity contribution in [3.8, 4) is 0 Å². The molecule has 0 atom stereocenters. The zero-order valence-electron chi connectivity index (χ0n) is 17.5. The molecule has 10 heteroatoms. The fourth-order valence-electron chi connectivity index (χ4n) is 3.76. The van der Waals surface area contributed by atoms with Crippen LogP contribution in [0.2, 0.25) is 5.02 Å². The molecule has 2 aliphatic heterocycles. The van der Waals surface area contributed by atoms with Crippen LogP contribution in [0.5, 0.6) is 0 Å². The summed E-state index contributed by atoms with van der Waals surface area (Å²) < 4.78 is 0. The van der Waals surface area contributed by atoms with Gasteiger partial charge in [-0.05, 0) is 36.8 Å². The number of hydrogen-bond donors (Lipinski definition) is 0. The van der Waals surface area contributed by atoms with Gasteiger partial charge in [-0.15, -0.1) is 0 Å².